The zero-order valence-electron chi connectivity index (χ0n) is 7.14. The first-order valence-electron chi connectivity index (χ1n) is 4.63. The van der Waals surface area contributed by atoms with Crippen molar-refractivity contribution in [2.45, 2.75) is 50.9 Å². The van der Waals surface area contributed by atoms with Gasteiger partial charge in [0.15, 0.2) is 5.79 Å². The smallest absolute Gasteiger partial charge is 0.168 e. The standard InChI is InChI=1S/C9H16O2/c1-8-4-2-5-9(11-8)6-3-7-10-9/h8H,2-7H2,1H3/t8-,9-/m1/s1. The van der Waals surface area contributed by atoms with Crippen LogP contribution in [0.5, 0.6) is 0 Å². The number of hydrogen-bond donors (Lipinski definition) is 0. The Bertz CT molecular complexity index is 138. The molecular weight excluding hydrogens is 140 g/mol. The lowest BCUT2D eigenvalue weighted by molar-refractivity contribution is -0.253. The van der Waals surface area contributed by atoms with Crippen LogP contribution < -0.4 is 0 Å². The van der Waals surface area contributed by atoms with E-state index in [2.05, 4.69) is 6.92 Å². The summed E-state index contributed by atoms with van der Waals surface area (Å²) in [6.45, 7) is 3.04. The Kier molecular flexibility index (Phi) is 1.90. The quantitative estimate of drug-likeness (QED) is 0.534. The van der Waals surface area contributed by atoms with Crippen LogP contribution in [0.1, 0.15) is 39.0 Å². The normalized spacial score (nSPS) is 45.0. The second-order valence-corrected chi connectivity index (χ2v) is 3.68. The van der Waals surface area contributed by atoms with Crippen molar-refractivity contribution >= 4 is 0 Å². The predicted octanol–water partition coefficient (Wildman–Crippen LogP) is 2.08. The van der Waals surface area contributed by atoms with Crippen molar-refractivity contribution in [3.05, 3.63) is 0 Å². The highest BCUT2D eigenvalue weighted by Crippen LogP contribution is 2.37. The van der Waals surface area contributed by atoms with Gasteiger partial charge in [0.25, 0.3) is 0 Å². The van der Waals surface area contributed by atoms with Gasteiger partial charge in [-0.05, 0) is 26.2 Å². The minimum absolute atomic E-state index is 0.155. The van der Waals surface area contributed by atoms with Crippen molar-refractivity contribution in [3.63, 3.8) is 0 Å². The first kappa shape index (κ1) is 7.56. The molecule has 2 heteroatoms. The fraction of sp³-hybridized carbons (Fsp3) is 1.00. The lowest BCUT2D eigenvalue weighted by Crippen LogP contribution is -2.38. The fourth-order valence-electron chi connectivity index (χ4n) is 2.11. The van der Waals surface area contributed by atoms with Crippen LogP contribution in [0.4, 0.5) is 0 Å². The van der Waals surface area contributed by atoms with E-state index in [1.807, 2.05) is 0 Å². The first-order valence-corrected chi connectivity index (χ1v) is 4.63. The molecule has 2 aliphatic rings. The molecule has 2 saturated heterocycles. The van der Waals surface area contributed by atoms with Crippen LogP contribution in [0, 0.1) is 0 Å². The maximum absolute atomic E-state index is 5.81. The molecule has 0 aliphatic carbocycles. The molecule has 0 aromatic heterocycles. The minimum Gasteiger partial charge on any atom is -0.350 e. The van der Waals surface area contributed by atoms with Crippen LogP contribution in [-0.2, 0) is 9.47 Å². The van der Waals surface area contributed by atoms with Crippen molar-refractivity contribution in [1.82, 2.24) is 0 Å². The van der Waals surface area contributed by atoms with Crippen LogP contribution in [0.2, 0.25) is 0 Å². The Morgan fingerprint density at radius 1 is 1.27 bits per heavy atom. The number of hydrogen-bond acceptors (Lipinski definition) is 2. The molecule has 64 valence electrons. The Balaban J connectivity index is 2.00. The van der Waals surface area contributed by atoms with Crippen molar-refractivity contribution in [2.24, 2.45) is 0 Å². The van der Waals surface area contributed by atoms with Gasteiger partial charge in [-0.15, -0.1) is 0 Å². The Hall–Kier alpha value is -0.0800. The van der Waals surface area contributed by atoms with Gasteiger partial charge in [0.1, 0.15) is 0 Å². The van der Waals surface area contributed by atoms with Crippen LogP contribution in [0.3, 0.4) is 0 Å². The highest BCUT2D eigenvalue weighted by atomic mass is 16.7. The summed E-state index contributed by atoms with van der Waals surface area (Å²) in [5, 5.41) is 0. The first-order chi connectivity index (χ1) is 5.31. The monoisotopic (exact) mass is 156 g/mol. The molecule has 0 amide bonds. The van der Waals surface area contributed by atoms with Gasteiger partial charge < -0.3 is 9.47 Å². The molecule has 0 bridgehead atoms. The van der Waals surface area contributed by atoms with E-state index in [9.17, 15) is 0 Å². The number of ether oxygens (including phenoxy) is 2. The molecule has 0 unspecified atom stereocenters. The Morgan fingerprint density at radius 2 is 2.09 bits per heavy atom. The molecule has 2 aliphatic heterocycles. The molecule has 0 aromatic carbocycles. The third kappa shape index (κ3) is 1.42. The van der Waals surface area contributed by atoms with Gasteiger partial charge in [-0.1, -0.05) is 0 Å². The predicted molar refractivity (Wildman–Crippen MR) is 42.3 cm³/mol. The Morgan fingerprint density at radius 3 is 2.73 bits per heavy atom. The van der Waals surface area contributed by atoms with E-state index in [1.165, 1.54) is 19.3 Å². The number of rotatable bonds is 0. The van der Waals surface area contributed by atoms with Gasteiger partial charge in [0.2, 0.25) is 0 Å². The lowest BCUT2D eigenvalue weighted by atomic mass is 10.00. The van der Waals surface area contributed by atoms with E-state index in [1.54, 1.807) is 0 Å². The molecule has 0 saturated carbocycles. The minimum atomic E-state index is -0.155. The molecular formula is C9H16O2. The van der Waals surface area contributed by atoms with E-state index in [-0.39, 0.29) is 5.79 Å². The van der Waals surface area contributed by atoms with Gasteiger partial charge in [-0.2, -0.15) is 0 Å². The molecule has 2 heterocycles. The van der Waals surface area contributed by atoms with Crippen LogP contribution in [0.25, 0.3) is 0 Å². The summed E-state index contributed by atoms with van der Waals surface area (Å²) in [5.74, 6) is -0.155. The highest BCUT2D eigenvalue weighted by Gasteiger charge is 2.39. The van der Waals surface area contributed by atoms with E-state index >= 15 is 0 Å². The highest BCUT2D eigenvalue weighted by molar-refractivity contribution is 4.80. The van der Waals surface area contributed by atoms with E-state index in [0.29, 0.717) is 6.10 Å². The van der Waals surface area contributed by atoms with Gasteiger partial charge in [0, 0.05) is 12.8 Å². The fourth-order valence-corrected chi connectivity index (χ4v) is 2.11. The summed E-state index contributed by atoms with van der Waals surface area (Å²) in [6.07, 6.45) is 6.26. The van der Waals surface area contributed by atoms with Crippen LogP contribution in [-0.4, -0.2) is 18.5 Å². The van der Waals surface area contributed by atoms with Crippen molar-refractivity contribution in [3.8, 4) is 0 Å². The summed E-state index contributed by atoms with van der Waals surface area (Å²) in [4.78, 5) is 0. The third-order valence-electron chi connectivity index (χ3n) is 2.65. The van der Waals surface area contributed by atoms with E-state index in [0.717, 1.165) is 19.4 Å². The summed E-state index contributed by atoms with van der Waals surface area (Å²) in [5.41, 5.74) is 0. The average Bonchev–Trinajstić information content (AvgIpc) is 2.37. The summed E-state index contributed by atoms with van der Waals surface area (Å²) in [6, 6.07) is 0. The van der Waals surface area contributed by atoms with Crippen molar-refractivity contribution in [2.75, 3.05) is 6.61 Å². The van der Waals surface area contributed by atoms with Crippen LogP contribution in [0.15, 0.2) is 0 Å². The van der Waals surface area contributed by atoms with Gasteiger partial charge in [-0.3, -0.25) is 0 Å². The molecule has 1 spiro atoms. The van der Waals surface area contributed by atoms with Crippen molar-refractivity contribution < 1.29 is 9.47 Å². The second kappa shape index (κ2) is 2.76. The molecule has 2 rings (SSSR count). The van der Waals surface area contributed by atoms with Gasteiger partial charge in [0.05, 0.1) is 12.7 Å². The third-order valence-corrected chi connectivity index (χ3v) is 2.65. The molecule has 11 heavy (non-hydrogen) atoms. The van der Waals surface area contributed by atoms with E-state index < -0.39 is 0 Å². The van der Waals surface area contributed by atoms with Gasteiger partial charge in [-0.25, -0.2) is 0 Å². The largest absolute Gasteiger partial charge is 0.350 e. The summed E-state index contributed by atoms with van der Waals surface area (Å²) < 4.78 is 11.4. The molecule has 2 nitrogen and oxygen atoms in total. The Labute approximate surface area is 67.9 Å². The molecule has 0 radical (unpaired) electrons. The molecule has 0 N–H and O–H groups in total. The molecule has 0 aromatic rings. The maximum atomic E-state index is 5.81. The molecule has 2 atom stereocenters. The summed E-state index contributed by atoms with van der Waals surface area (Å²) >= 11 is 0. The SMILES string of the molecule is C[C@@H]1CCC[C@]2(CCCO2)O1. The molecule has 2 fully saturated rings. The topological polar surface area (TPSA) is 18.5 Å². The zero-order valence-corrected chi connectivity index (χ0v) is 7.14. The average molecular weight is 156 g/mol. The summed E-state index contributed by atoms with van der Waals surface area (Å²) in [7, 11) is 0. The maximum Gasteiger partial charge on any atom is 0.168 e. The zero-order chi connectivity index (χ0) is 7.73. The second-order valence-electron chi connectivity index (χ2n) is 3.68. The van der Waals surface area contributed by atoms with Gasteiger partial charge >= 0.3 is 0 Å². The van der Waals surface area contributed by atoms with Crippen molar-refractivity contribution in [1.29, 1.82) is 0 Å². The van der Waals surface area contributed by atoms with E-state index in [4.69, 9.17) is 9.47 Å². The lowest BCUT2D eigenvalue weighted by Gasteiger charge is -2.36. The van der Waals surface area contributed by atoms with Crippen LogP contribution >= 0.6 is 0 Å².